The Kier molecular flexibility index (Phi) is 5.17. The molecule has 2 heterocycles. The van der Waals surface area contributed by atoms with E-state index in [4.69, 9.17) is 10.00 Å². The molecule has 2 aliphatic rings. The Bertz CT molecular complexity index is 640. The molecule has 2 aliphatic heterocycles. The highest BCUT2D eigenvalue weighted by atomic mass is 16.5. The van der Waals surface area contributed by atoms with Crippen molar-refractivity contribution >= 4 is 5.91 Å². The zero-order valence-electron chi connectivity index (χ0n) is 14.3. The number of methoxy groups -OCH3 is 1. The maximum Gasteiger partial charge on any atom is 0.243 e. The van der Waals surface area contributed by atoms with Crippen molar-refractivity contribution in [3.8, 4) is 6.07 Å². The molecule has 1 aromatic carbocycles. The number of likely N-dealkylation sites (tertiary alicyclic amines) is 2. The van der Waals surface area contributed by atoms with Gasteiger partial charge < -0.3 is 9.64 Å². The average molecular weight is 327 g/mol. The van der Waals surface area contributed by atoms with Crippen LogP contribution in [0.2, 0.25) is 0 Å². The number of hydrogen-bond acceptors (Lipinski definition) is 4. The summed E-state index contributed by atoms with van der Waals surface area (Å²) in [6.45, 7) is 3.78. The summed E-state index contributed by atoms with van der Waals surface area (Å²) in [4.78, 5) is 17.5. The molecule has 128 valence electrons. The van der Waals surface area contributed by atoms with E-state index < -0.39 is 0 Å². The number of benzene rings is 1. The predicted octanol–water partition coefficient (Wildman–Crippen LogP) is 2.16. The number of hydrogen-bond donors (Lipinski definition) is 0. The zero-order chi connectivity index (χ0) is 17.0. The molecular formula is C19H25N3O2. The van der Waals surface area contributed by atoms with Crippen LogP contribution < -0.4 is 0 Å². The summed E-state index contributed by atoms with van der Waals surface area (Å²) < 4.78 is 5.15. The number of rotatable bonds is 5. The Labute approximate surface area is 143 Å². The van der Waals surface area contributed by atoms with E-state index >= 15 is 0 Å². The van der Waals surface area contributed by atoms with Gasteiger partial charge in [-0.1, -0.05) is 12.1 Å². The highest BCUT2D eigenvalue weighted by Gasteiger charge is 2.50. The lowest BCUT2D eigenvalue weighted by Gasteiger charge is -2.44. The first-order valence-electron chi connectivity index (χ1n) is 8.72. The summed E-state index contributed by atoms with van der Waals surface area (Å²) in [5.74, 6) is 0.264. The van der Waals surface area contributed by atoms with Crippen molar-refractivity contribution in [2.24, 2.45) is 0 Å². The SMILES string of the molecule is COCCN1CCCC2(CCCN2Cc2cccc(C#N)c2)C1=O. The van der Waals surface area contributed by atoms with E-state index in [0.717, 1.165) is 50.9 Å². The smallest absolute Gasteiger partial charge is 0.243 e. The van der Waals surface area contributed by atoms with Gasteiger partial charge in [-0.25, -0.2) is 0 Å². The second kappa shape index (κ2) is 7.33. The van der Waals surface area contributed by atoms with Crippen molar-refractivity contribution in [1.29, 1.82) is 5.26 Å². The number of carbonyl (C=O) groups excluding carboxylic acids is 1. The monoisotopic (exact) mass is 327 g/mol. The van der Waals surface area contributed by atoms with Gasteiger partial charge in [-0.05, 0) is 49.9 Å². The minimum atomic E-state index is -0.353. The molecule has 2 fully saturated rings. The summed E-state index contributed by atoms with van der Waals surface area (Å²) in [6, 6.07) is 9.91. The van der Waals surface area contributed by atoms with Gasteiger partial charge in [0.05, 0.1) is 18.2 Å². The topological polar surface area (TPSA) is 56.6 Å². The van der Waals surface area contributed by atoms with E-state index in [1.54, 1.807) is 7.11 Å². The minimum absolute atomic E-state index is 0.264. The van der Waals surface area contributed by atoms with E-state index in [-0.39, 0.29) is 11.4 Å². The molecular weight excluding hydrogens is 302 g/mol. The predicted molar refractivity (Wildman–Crippen MR) is 91.2 cm³/mol. The maximum absolute atomic E-state index is 13.2. The van der Waals surface area contributed by atoms with Gasteiger partial charge in [0, 0.05) is 26.7 Å². The van der Waals surface area contributed by atoms with Gasteiger partial charge in [0.15, 0.2) is 0 Å². The molecule has 1 atom stereocenters. The second-order valence-electron chi connectivity index (χ2n) is 6.76. The van der Waals surface area contributed by atoms with Crippen LogP contribution in [0.25, 0.3) is 0 Å². The first-order chi connectivity index (χ1) is 11.7. The van der Waals surface area contributed by atoms with Crippen LogP contribution >= 0.6 is 0 Å². The lowest BCUT2D eigenvalue weighted by molar-refractivity contribution is -0.148. The van der Waals surface area contributed by atoms with Crippen molar-refractivity contribution in [2.45, 2.75) is 37.8 Å². The number of amides is 1. The van der Waals surface area contributed by atoms with Crippen molar-refractivity contribution in [2.75, 3.05) is 33.4 Å². The Morgan fingerprint density at radius 2 is 2.08 bits per heavy atom. The first kappa shape index (κ1) is 16.9. The minimum Gasteiger partial charge on any atom is -0.383 e. The average Bonchev–Trinajstić information content (AvgIpc) is 3.00. The fraction of sp³-hybridized carbons (Fsp3) is 0.579. The number of carbonyl (C=O) groups is 1. The van der Waals surface area contributed by atoms with E-state index in [1.807, 2.05) is 29.2 Å². The summed E-state index contributed by atoms with van der Waals surface area (Å²) in [5.41, 5.74) is 1.43. The molecule has 0 radical (unpaired) electrons. The van der Waals surface area contributed by atoms with Gasteiger partial charge >= 0.3 is 0 Å². The summed E-state index contributed by atoms with van der Waals surface area (Å²) in [5, 5.41) is 9.09. The quantitative estimate of drug-likeness (QED) is 0.831. The maximum atomic E-state index is 13.2. The zero-order valence-corrected chi connectivity index (χ0v) is 14.3. The number of nitrogens with zero attached hydrogens (tertiary/aromatic N) is 3. The molecule has 0 aromatic heterocycles. The molecule has 24 heavy (non-hydrogen) atoms. The third-order valence-electron chi connectivity index (χ3n) is 5.32. The van der Waals surface area contributed by atoms with Crippen LogP contribution in [-0.2, 0) is 16.1 Å². The summed E-state index contributed by atoms with van der Waals surface area (Å²) in [7, 11) is 1.67. The number of ether oxygens (including phenoxy) is 1. The van der Waals surface area contributed by atoms with E-state index in [0.29, 0.717) is 18.7 Å². The molecule has 0 saturated carbocycles. The summed E-state index contributed by atoms with van der Waals surface area (Å²) in [6.07, 6.45) is 3.98. The first-order valence-corrected chi connectivity index (χ1v) is 8.72. The Morgan fingerprint density at radius 3 is 2.83 bits per heavy atom. The van der Waals surface area contributed by atoms with Gasteiger partial charge in [-0.2, -0.15) is 5.26 Å². The molecule has 2 saturated heterocycles. The second-order valence-corrected chi connectivity index (χ2v) is 6.76. The molecule has 1 aromatic rings. The van der Waals surface area contributed by atoms with Crippen LogP contribution in [0, 0.1) is 11.3 Å². The lowest BCUT2D eigenvalue weighted by Crippen LogP contribution is -2.60. The molecule has 1 spiro atoms. The van der Waals surface area contributed by atoms with Crippen LogP contribution in [-0.4, -0.2) is 54.6 Å². The Balaban J connectivity index is 1.78. The van der Waals surface area contributed by atoms with Crippen molar-refractivity contribution in [3.05, 3.63) is 35.4 Å². The van der Waals surface area contributed by atoms with Gasteiger partial charge in [-0.3, -0.25) is 9.69 Å². The highest BCUT2D eigenvalue weighted by molar-refractivity contribution is 5.87. The molecule has 5 nitrogen and oxygen atoms in total. The van der Waals surface area contributed by atoms with Crippen molar-refractivity contribution < 1.29 is 9.53 Å². The van der Waals surface area contributed by atoms with Gasteiger partial charge in [0.2, 0.25) is 5.91 Å². The molecule has 5 heteroatoms. The van der Waals surface area contributed by atoms with E-state index in [2.05, 4.69) is 11.0 Å². The summed E-state index contributed by atoms with van der Waals surface area (Å²) >= 11 is 0. The van der Waals surface area contributed by atoms with Crippen LogP contribution in [0.4, 0.5) is 0 Å². The van der Waals surface area contributed by atoms with E-state index in [1.165, 1.54) is 0 Å². The largest absolute Gasteiger partial charge is 0.383 e. The lowest BCUT2D eigenvalue weighted by atomic mass is 9.85. The van der Waals surface area contributed by atoms with Gasteiger partial charge in [-0.15, -0.1) is 0 Å². The van der Waals surface area contributed by atoms with Crippen LogP contribution in [0.1, 0.15) is 36.8 Å². The fourth-order valence-electron chi connectivity index (χ4n) is 4.13. The van der Waals surface area contributed by atoms with Crippen molar-refractivity contribution in [3.63, 3.8) is 0 Å². The Morgan fingerprint density at radius 1 is 1.29 bits per heavy atom. The Hall–Kier alpha value is -1.90. The molecule has 1 unspecified atom stereocenters. The highest BCUT2D eigenvalue weighted by Crippen LogP contribution is 2.39. The van der Waals surface area contributed by atoms with Crippen LogP contribution in [0.5, 0.6) is 0 Å². The van der Waals surface area contributed by atoms with E-state index in [9.17, 15) is 4.79 Å². The fourth-order valence-corrected chi connectivity index (χ4v) is 4.13. The third-order valence-corrected chi connectivity index (χ3v) is 5.32. The molecule has 0 bridgehead atoms. The molecule has 1 amide bonds. The normalized spacial score (nSPS) is 24.5. The number of piperidine rings is 1. The van der Waals surface area contributed by atoms with Crippen molar-refractivity contribution in [1.82, 2.24) is 9.80 Å². The number of nitriles is 1. The molecule has 0 N–H and O–H groups in total. The molecule has 3 rings (SSSR count). The standard InChI is InChI=1S/C19H25N3O2/c1-24-12-11-21-9-3-7-19(18(21)23)8-4-10-22(19)15-17-6-2-5-16(13-17)14-20/h2,5-6,13H,3-4,7-12,15H2,1H3. The van der Waals surface area contributed by atoms with Gasteiger partial charge in [0.1, 0.15) is 5.54 Å². The van der Waals surface area contributed by atoms with Crippen LogP contribution in [0.3, 0.4) is 0 Å². The third kappa shape index (κ3) is 3.17. The van der Waals surface area contributed by atoms with Gasteiger partial charge in [0.25, 0.3) is 0 Å². The van der Waals surface area contributed by atoms with Crippen LogP contribution in [0.15, 0.2) is 24.3 Å². The molecule has 0 aliphatic carbocycles.